The maximum Gasteiger partial charge on any atom is 0.243 e. The third-order valence-corrected chi connectivity index (χ3v) is 6.31. The highest BCUT2D eigenvalue weighted by atomic mass is 16.2. The third kappa shape index (κ3) is 21.5. The number of nitrogens with zero attached hydrogens (tertiary/aromatic N) is 1. The molecule has 0 unspecified atom stereocenters. The molecule has 0 aliphatic carbocycles. The summed E-state index contributed by atoms with van der Waals surface area (Å²) in [5, 5.41) is 8.50. The maximum atomic E-state index is 12.9. The molecule has 37 heavy (non-hydrogen) atoms. The number of carbonyl (C=O) groups is 3. The lowest BCUT2D eigenvalue weighted by atomic mass is 10.0. The van der Waals surface area contributed by atoms with Crippen LogP contribution in [0.15, 0.2) is 4.99 Å². The van der Waals surface area contributed by atoms with Crippen molar-refractivity contribution in [3.8, 4) is 0 Å². The Labute approximate surface area is 225 Å². The van der Waals surface area contributed by atoms with Crippen LogP contribution in [0.5, 0.6) is 0 Å². The lowest BCUT2D eigenvalue weighted by molar-refractivity contribution is -0.132. The fourth-order valence-corrected chi connectivity index (χ4v) is 4.29. The Balaban J connectivity index is 4.46. The van der Waals surface area contributed by atoms with E-state index in [1.807, 2.05) is 13.8 Å². The molecule has 0 spiro atoms. The van der Waals surface area contributed by atoms with Gasteiger partial charge in [0.2, 0.25) is 17.7 Å². The fraction of sp³-hybridized carbons (Fsp3) is 0.857. The number of aliphatic imine (C=N–C) groups is 1. The molecular weight excluding hydrogens is 468 g/mol. The van der Waals surface area contributed by atoms with Crippen LogP contribution in [-0.4, -0.2) is 48.9 Å². The monoisotopic (exact) mass is 524 g/mol. The SMILES string of the molecule is CCCCCCCCCCCCCCNC(=O)[C@H](CCCN=C(N)N)NC(=O)[C@H](CC(C)C)NC(C)=O. The van der Waals surface area contributed by atoms with Gasteiger partial charge in [0.1, 0.15) is 12.1 Å². The molecule has 0 aromatic rings. The topological polar surface area (TPSA) is 152 Å². The van der Waals surface area contributed by atoms with Crippen molar-refractivity contribution in [2.45, 2.75) is 136 Å². The molecule has 9 heteroatoms. The van der Waals surface area contributed by atoms with Gasteiger partial charge in [-0.25, -0.2) is 0 Å². The molecule has 0 bridgehead atoms. The Hall–Kier alpha value is -2.32. The Morgan fingerprint density at radius 1 is 0.730 bits per heavy atom. The van der Waals surface area contributed by atoms with Gasteiger partial charge in [-0.1, -0.05) is 91.4 Å². The number of rotatable bonds is 23. The summed E-state index contributed by atoms with van der Waals surface area (Å²) in [6.07, 6.45) is 16.6. The van der Waals surface area contributed by atoms with E-state index in [0.717, 1.165) is 12.8 Å². The van der Waals surface area contributed by atoms with E-state index in [-0.39, 0.29) is 29.6 Å². The van der Waals surface area contributed by atoms with E-state index in [1.165, 1.54) is 71.1 Å². The van der Waals surface area contributed by atoms with Gasteiger partial charge in [0, 0.05) is 20.0 Å². The lowest BCUT2D eigenvalue weighted by Gasteiger charge is -2.24. The fourth-order valence-electron chi connectivity index (χ4n) is 4.29. The lowest BCUT2D eigenvalue weighted by Crippen LogP contribution is -2.54. The molecule has 0 aromatic heterocycles. The number of nitrogens with one attached hydrogen (secondary N) is 3. The van der Waals surface area contributed by atoms with Gasteiger partial charge in [0.15, 0.2) is 5.96 Å². The van der Waals surface area contributed by atoms with Crippen LogP contribution in [0.2, 0.25) is 0 Å². The van der Waals surface area contributed by atoms with Gasteiger partial charge in [-0.15, -0.1) is 0 Å². The molecule has 0 aromatic carbocycles. The van der Waals surface area contributed by atoms with Crippen LogP contribution < -0.4 is 27.4 Å². The van der Waals surface area contributed by atoms with Crippen molar-refractivity contribution in [3.63, 3.8) is 0 Å². The van der Waals surface area contributed by atoms with Gasteiger partial charge in [-0.05, 0) is 31.6 Å². The largest absolute Gasteiger partial charge is 0.370 e. The summed E-state index contributed by atoms with van der Waals surface area (Å²) in [5.74, 6) is -0.632. The normalized spacial score (nSPS) is 12.6. The van der Waals surface area contributed by atoms with Crippen LogP contribution in [0, 0.1) is 5.92 Å². The van der Waals surface area contributed by atoms with Gasteiger partial charge < -0.3 is 27.4 Å². The minimum absolute atomic E-state index is 0.000309. The van der Waals surface area contributed by atoms with Crippen molar-refractivity contribution in [2.24, 2.45) is 22.4 Å². The molecule has 216 valence electrons. The van der Waals surface area contributed by atoms with Crippen molar-refractivity contribution >= 4 is 23.7 Å². The van der Waals surface area contributed by atoms with E-state index in [0.29, 0.717) is 32.4 Å². The van der Waals surface area contributed by atoms with E-state index < -0.39 is 12.1 Å². The summed E-state index contributed by atoms with van der Waals surface area (Å²) < 4.78 is 0. The molecule has 2 atom stereocenters. The van der Waals surface area contributed by atoms with Crippen LogP contribution in [0.3, 0.4) is 0 Å². The molecular formula is C28H56N6O3. The van der Waals surface area contributed by atoms with E-state index in [2.05, 4.69) is 27.9 Å². The standard InChI is InChI=1S/C28H56N6O3/c1-5-6-7-8-9-10-11-12-13-14-15-16-19-31-26(36)24(18-17-20-32-28(29)30)34-27(37)25(21-22(2)3)33-23(4)35/h22,24-25H,5-21H2,1-4H3,(H,31,36)(H,33,35)(H,34,37)(H4,29,30,32)/t24-,25-/m0/s1. The summed E-state index contributed by atoms with van der Waals surface area (Å²) in [6, 6.07) is -1.38. The summed E-state index contributed by atoms with van der Waals surface area (Å²) >= 11 is 0. The minimum Gasteiger partial charge on any atom is -0.370 e. The van der Waals surface area contributed by atoms with Gasteiger partial charge in [-0.3, -0.25) is 19.4 Å². The summed E-state index contributed by atoms with van der Waals surface area (Å²) in [5.41, 5.74) is 10.8. The predicted octanol–water partition coefficient (Wildman–Crippen LogP) is 3.89. The third-order valence-electron chi connectivity index (χ3n) is 6.31. The first-order valence-corrected chi connectivity index (χ1v) is 14.6. The number of nitrogens with two attached hydrogens (primary N) is 2. The second kappa shape index (κ2) is 22.8. The number of hydrogen-bond donors (Lipinski definition) is 5. The number of guanidine groups is 1. The van der Waals surface area contributed by atoms with Crippen molar-refractivity contribution < 1.29 is 14.4 Å². The van der Waals surface area contributed by atoms with Crippen LogP contribution in [-0.2, 0) is 14.4 Å². The van der Waals surface area contributed by atoms with E-state index in [9.17, 15) is 14.4 Å². The predicted molar refractivity (Wildman–Crippen MR) is 153 cm³/mol. The molecule has 0 saturated heterocycles. The van der Waals surface area contributed by atoms with Crippen molar-refractivity contribution in [1.29, 1.82) is 0 Å². The van der Waals surface area contributed by atoms with Crippen molar-refractivity contribution in [1.82, 2.24) is 16.0 Å². The highest BCUT2D eigenvalue weighted by Crippen LogP contribution is 2.12. The molecule has 0 aliphatic heterocycles. The number of unbranched alkanes of at least 4 members (excludes halogenated alkanes) is 11. The van der Waals surface area contributed by atoms with Crippen LogP contribution in [0.1, 0.15) is 124 Å². The molecule has 3 amide bonds. The summed E-state index contributed by atoms with van der Waals surface area (Å²) in [4.78, 5) is 41.3. The Morgan fingerprint density at radius 2 is 1.27 bits per heavy atom. The molecule has 0 rings (SSSR count). The zero-order valence-electron chi connectivity index (χ0n) is 24.1. The zero-order valence-corrected chi connectivity index (χ0v) is 24.1. The van der Waals surface area contributed by atoms with Crippen LogP contribution in [0.25, 0.3) is 0 Å². The molecule has 0 aliphatic rings. The van der Waals surface area contributed by atoms with Gasteiger partial charge in [-0.2, -0.15) is 0 Å². The zero-order chi connectivity index (χ0) is 27.9. The summed E-state index contributed by atoms with van der Waals surface area (Å²) in [7, 11) is 0. The number of amides is 3. The average Bonchev–Trinajstić information content (AvgIpc) is 2.82. The van der Waals surface area contributed by atoms with E-state index in [1.54, 1.807) is 0 Å². The first-order valence-electron chi connectivity index (χ1n) is 14.6. The molecule has 0 heterocycles. The van der Waals surface area contributed by atoms with Gasteiger partial charge >= 0.3 is 0 Å². The highest BCUT2D eigenvalue weighted by Gasteiger charge is 2.26. The van der Waals surface area contributed by atoms with E-state index >= 15 is 0 Å². The first-order chi connectivity index (χ1) is 17.7. The van der Waals surface area contributed by atoms with Crippen LogP contribution >= 0.6 is 0 Å². The number of carbonyl (C=O) groups excluding carboxylic acids is 3. The molecule has 0 saturated carbocycles. The Bertz CT molecular complexity index is 650. The Kier molecular flexibility index (Phi) is 21.4. The average molecular weight is 525 g/mol. The quantitative estimate of drug-likeness (QED) is 0.0780. The van der Waals surface area contributed by atoms with Gasteiger partial charge in [0.05, 0.1) is 0 Å². The van der Waals surface area contributed by atoms with Crippen molar-refractivity contribution in [2.75, 3.05) is 13.1 Å². The molecule has 0 radical (unpaired) electrons. The number of hydrogen-bond acceptors (Lipinski definition) is 4. The second-order valence-electron chi connectivity index (χ2n) is 10.6. The van der Waals surface area contributed by atoms with Crippen LogP contribution in [0.4, 0.5) is 0 Å². The van der Waals surface area contributed by atoms with E-state index in [4.69, 9.17) is 11.5 Å². The maximum absolute atomic E-state index is 12.9. The highest BCUT2D eigenvalue weighted by molar-refractivity contribution is 5.91. The summed E-state index contributed by atoms with van der Waals surface area (Å²) in [6.45, 7) is 8.55. The Morgan fingerprint density at radius 3 is 1.76 bits per heavy atom. The minimum atomic E-state index is -0.706. The molecule has 9 nitrogen and oxygen atoms in total. The molecule has 0 fully saturated rings. The van der Waals surface area contributed by atoms with Gasteiger partial charge in [0.25, 0.3) is 0 Å². The first kappa shape index (κ1) is 34.7. The second-order valence-corrected chi connectivity index (χ2v) is 10.6. The molecule has 7 N–H and O–H groups in total. The van der Waals surface area contributed by atoms with Crippen molar-refractivity contribution in [3.05, 3.63) is 0 Å². The smallest absolute Gasteiger partial charge is 0.243 e.